The summed E-state index contributed by atoms with van der Waals surface area (Å²) in [4.78, 5) is 0.345. The maximum absolute atomic E-state index is 12.5. The number of aryl methyl sites for hydroxylation is 1. The van der Waals surface area contributed by atoms with E-state index in [-0.39, 0.29) is 6.04 Å². The van der Waals surface area contributed by atoms with Crippen LogP contribution in [0.5, 0.6) is 0 Å². The van der Waals surface area contributed by atoms with E-state index >= 15 is 0 Å². The molecule has 106 valence electrons. The summed E-state index contributed by atoms with van der Waals surface area (Å²) in [6.07, 6.45) is 5.26. The van der Waals surface area contributed by atoms with Crippen molar-refractivity contribution >= 4 is 15.7 Å². The Bertz CT molecular complexity index is 561. The molecule has 3 N–H and O–H groups in total. The van der Waals surface area contributed by atoms with Crippen molar-refractivity contribution in [1.82, 2.24) is 4.72 Å². The lowest BCUT2D eigenvalue weighted by atomic mass is 9.96. The second-order valence-electron chi connectivity index (χ2n) is 5.38. The van der Waals surface area contributed by atoms with Gasteiger partial charge in [-0.25, -0.2) is 13.1 Å². The fraction of sp³-hybridized carbons (Fsp3) is 0.571. The van der Waals surface area contributed by atoms with Crippen LogP contribution in [0.4, 0.5) is 5.69 Å². The first-order valence-electron chi connectivity index (χ1n) is 6.80. The van der Waals surface area contributed by atoms with E-state index in [1.807, 2.05) is 6.92 Å². The van der Waals surface area contributed by atoms with Gasteiger partial charge in [-0.15, -0.1) is 0 Å². The minimum absolute atomic E-state index is 0.0685. The van der Waals surface area contributed by atoms with E-state index in [0.29, 0.717) is 16.1 Å². The van der Waals surface area contributed by atoms with Crippen LogP contribution in [0.3, 0.4) is 0 Å². The number of benzene rings is 1. The Morgan fingerprint density at radius 2 is 1.79 bits per heavy atom. The average Bonchev–Trinajstić information content (AvgIpc) is 2.35. The number of hydrogen-bond donors (Lipinski definition) is 2. The van der Waals surface area contributed by atoms with Crippen molar-refractivity contribution in [2.75, 3.05) is 5.73 Å². The number of rotatable bonds is 3. The number of hydrogen-bond acceptors (Lipinski definition) is 3. The molecule has 0 aromatic heterocycles. The lowest BCUT2D eigenvalue weighted by molar-refractivity contribution is 0.412. The fourth-order valence-corrected chi connectivity index (χ4v) is 4.56. The van der Waals surface area contributed by atoms with E-state index < -0.39 is 10.0 Å². The predicted octanol–water partition coefficient (Wildman–Crippen LogP) is 2.50. The van der Waals surface area contributed by atoms with Crippen molar-refractivity contribution in [2.45, 2.75) is 56.9 Å². The molecule has 0 aliphatic heterocycles. The Morgan fingerprint density at radius 1 is 1.16 bits per heavy atom. The lowest BCUT2D eigenvalue weighted by Gasteiger charge is -2.23. The summed E-state index contributed by atoms with van der Waals surface area (Å²) < 4.78 is 27.9. The number of nitrogens with one attached hydrogen (secondary N) is 1. The third kappa shape index (κ3) is 3.09. The molecule has 0 spiro atoms. The zero-order valence-corrected chi connectivity index (χ0v) is 12.4. The molecule has 0 atom stereocenters. The Hall–Kier alpha value is -1.07. The Morgan fingerprint density at radius 3 is 2.42 bits per heavy atom. The van der Waals surface area contributed by atoms with Crippen LogP contribution in [0.2, 0.25) is 0 Å². The van der Waals surface area contributed by atoms with E-state index in [0.717, 1.165) is 31.2 Å². The van der Waals surface area contributed by atoms with Crippen LogP contribution in [0.15, 0.2) is 17.0 Å². The van der Waals surface area contributed by atoms with Gasteiger partial charge in [-0.1, -0.05) is 25.3 Å². The van der Waals surface area contributed by atoms with Gasteiger partial charge < -0.3 is 5.73 Å². The first kappa shape index (κ1) is 14.3. The molecular formula is C14H22N2O2S. The predicted molar refractivity (Wildman–Crippen MR) is 77.5 cm³/mol. The van der Waals surface area contributed by atoms with Crippen LogP contribution >= 0.6 is 0 Å². The van der Waals surface area contributed by atoms with Gasteiger partial charge >= 0.3 is 0 Å². The SMILES string of the molecule is Cc1ccc(N)c(C)c1S(=O)(=O)NC1CCCCC1. The maximum Gasteiger partial charge on any atom is 0.241 e. The molecule has 0 unspecified atom stereocenters. The van der Waals surface area contributed by atoms with Gasteiger partial charge in [-0.3, -0.25) is 0 Å². The van der Waals surface area contributed by atoms with Gasteiger partial charge in [-0.2, -0.15) is 0 Å². The van der Waals surface area contributed by atoms with Crippen LogP contribution in [-0.2, 0) is 10.0 Å². The molecule has 4 nitrogen and oxygen atoms in total. The second-order valence-corrected chi connectivity index (χ2v) is 7.03. The van der Waals surface area contributed by atoms with Crippen LogP contribution in [-0.4, -0.2) is 14.5 Å². The molecule has 2 rings (SSSR count). The topological polar surface area (TPSA) is 72.2 Å². The van der Waals surface area contributed by atoms with Crippen molar-refractivity contribution in [3.63, 3.8) is 0 Å². The zero-order chi connectivity index (χ0) is 14.0. The molecule has 0 heterocycles. The molecule has 1 saturated carbocycles. The van der Waals surface area contributed by atoms with Gasteiger partial charge in [-0.05, 0) is 43.9 Å². The summed E-state index contributed by atoms with van der Waals surface area (Å²) in [5, 5.41) is 0. The van der Waals surface area contributed by atoms with Crippen molar-refractivity contribution in [1.29, 1.82) is 0 Å². The molecule has 0 radical (unpaired) electrons. The number of nitrogens with two attached hydrogens (primary N) is 1. The molecule has 19 heavy (non-hydrogen) atoms. The van der Waals surface area contributed by atoms with Gasteiger partial charge in [0, 0.05) is 11.7 Å². The minimum Gasteiger partial charge on any atom is -0.398 e. The Balaban J connectivity index is 2.31. The summed E-state index contributed by atoms with van der Waals surface area (Å²) in [6, 6.07) is 3.58. The molecule has 1 aromatic rings. The molecule has 1 aliphatic carbocycles. The Labute approximate surface area is 115 Å². The molecule has 1 fully saturated rings. The summed E-state index contributed by atoms with van der Waals surface area (Å²) >= 11 is 0. The highest BCUT2D eigenvalue weighted by Crippen LogP contribution is 2.26. The van der Waals surface area contributed by atoms with Crippen LogP contribution in [0, 0.1) is 13.8 Å². The van der Waals surface area contributed by atoms with E-state index in [4.69, 9.17) is 5.73 Å². The third-order valence-corrected chi connectivity index (χ3v) is 5.65. The molecule has 0 amide bonds. The van der Waals surface area contributed by atoms with E-state index in [9.17, 15) is 8.42 Å². The van der Waals surface area contributed by atoms with E-state index in [1.165, 1.54) is 6.42 Å². The highest BCUT2D eigenvalue weighted by atomic mass is 32.2. The fourth-order valence-electron chi connectivity index (χ4n) is 2.75. The summed E-state index contributed by atoms with van der Waals surface area (Å²) in [5.74, 6) is 0. The Kier molecular flexibility index (Phi) is 4.16. The van der Waals surface area contributed by atoms with Gasteiger partial charge in [0.15, 0.2) is 0 Å². The largest absolute Gasteiger partial charge is 0.398 e. The maximum atomic E-state index is 12.5. The van der Waals surface area contributed by atoms with Gasteiger partial charge in [0.1, 0.15) is 0 Å². The van der Waals surface area contributed by atoms with Crippen molar-refractivity contribution < 1.29 is 8.42 Å². The molecule has 1 aliphatic rings. The van der Waals surface area contributed by atoms with Crippen molar-refractivity contribution in [3.05, 3.63) is 23.3 Å². The van der Waals surface area contributed by atoms with Crippen LogP contribution < -0.4 is 10.5 Å². The first-order chi connectivity index (χ1) is 8.92. The number of nitrogen functional groups attached to an aromatic ring is 1. The summed E-state index contributed by atoms with van der Waals surface area (Å²) in [7, 11) is -3.47. The van der Waals surface area contributed by atoms with Gasteiger partial charge in [0.25, 0.3) is 0 Å². The monoisotopic (exact) mass is 282 g/mol. The normalized spacial score (nSPS) is 17.6. The smallest absolute Gasteiger partial charge is 0.241 e. The van der Waals surface area contributed by atoms with Crippen molar-refractivity contribution in [3.8, 4) is 0 Å². The third-order valence-electron chi connectivity index (χ3n) is 3.84. The summed E-state index contributed by atoms with van der Waals surface area (Å²) in [6.45, 7) is 3.57. The molecule has 0 saturated heterocycles. The molecule has 1 aromatic carbocycles. The molecule has 0 bridgehead atoms. The van der Waals surface area contributed by atoms with Crippen molar-refractivity contribution in [2.24, 2.45) is 0 Å². The van der Waals surface area contributed by atoms with Gasteiger partial charge in [0.05, 0.1) is 4.90 Å². The zero-order valence-electron chi connectivity index (χ0n) is 11.6. The minimum atomic E-state index is -3.47. The molecular weight excluding hydrogens is 260 g/mol. The van der Waals surface area contributed by atoms with Crippen LogP contribution in [0.1, 0.15) is 43.2 Å². The molecule has 5 heteroatoms. The first-order valence-corrected chi connectivity index (χ1v) is 8.28. The number of sulfonamides is 1. The second kappa shape index (κ2) is 5.51. The quantitative estimate of drug-likeness (QED) is 0.837. The van der Waals surface area contributed by atoms with E-state index in [2.05, 4.69) is 4.72 Å². The average molecular weight is 282 g/mol. The summed E-state index contributed by atoms with van der Waals surface area (Å²) in [5.41, 5.74) is 7.74. The number of anilines is 1. The standard InChI is InChI=1S/C14H22N2O2S/c1-10-8-9-13(15)11(2)14(10)19(17,18)16-12-6-4-3-5-7-12/h8-9,12,16H,3-7,15H2,1-2H3. The van der Waals surface area contributed by atoms with Crippen LogP contribution in [0.25, 0.3) is 0 Å². The highest BCUT2D eigenvalue weighted by molar-refractivity contribution is 7.89. The lowest BCUT2D eigenvalue weighted by Crippen LogP contribution is -2.36. The van der Waals surface area contributed by atoms with Gasteiger partial charge in [0.2, 0.25) is 10.0 Å². The van der Waals surface area contributed by atoms with E-state index in [1.54, 1.807) is 19.1 Å². The highest BCUT2D eigenvalue weighted by Gasteiger charge is 2.25.